The summed E-state index contributed by atoms with van der Waals surface area (Å²) in [7, 11) is 1.58. The number of hydroxylamine groups is 1. The first-order chi connectivity index (χ1) is 20.7. The van der Waals surface area contributed by atoms with E-state index in [9.17, 15) is 14.4 Å². The summed E-state index contributed by atoms with van der Waals surface area (Å²) >= 11 is 1.23. The van der Waals surface area contributed by atoms with Crippen LogP contribution in [0.2, 0.25) is 0 Å². The first kappa shape index (κ1) is 30.7. The van der Waals surface area contributed by atoms with E-state index >= 15 is 0 Å². The molecule has 43 heavy (non-hydrogen) atoms. The highest BCUT2D eigenvalue weighted by atomic mass is 32.1. The second kappa shape index (κ2) is 12.8. The molecule has 0 spiro atoms. The van der Waals surface area contributed by atoms with E-state index in [-0.39, 0.29) is 19.3 Å². The molecule has 12 nitrogen and oxygen atoms in total. The van der Waals surface area contributed by atoms with Crippen molar-refractivity contribution in [2.45, 2.75) is 64.8 Å². The van der Waals surface area contributed by atoms with Crippen LogP contribution in [0.1, 0.15) is 50.8 Å². The van der Waals surface area contributed by atoms with Crippen molar-refractivity contribution in [2.75, 3.05) is 26.9 Å². The minimum Gasteiger partial charge on any atom is -0.496 e. The molecule has 1 aliphatic rings. The first-order valence-corrected chi connectivity index (χ1v) is 15.0. The molecule has 230 valence electrons. The summed E-state index contributed by atoms with van der Waals surface area (Å²) in [6, 6.07) is 7.49. The van der Waals surface area contributed by atoms with E-state index in [1.165, 1.54) is 42.2 Å². The van der Waals surface area contributed by atoms with Gasteiger partial charge in [0.25, 0.3) is 11.5 Å². The van der Waals surface area contributed by atoms with Crippen molar-refractivity contribution in [3.8, 4) is 16.5 Å². The largest absolute Gasteiger partial charge is 0.496 e. The van der Waals surface area contributed by atoms with Crippen LogP contribution in [0.3, 0.4) is 0 Å². The van der Waals surface area contributed by atoms with Crippen LogP contribution in [-0.4, -0.2) is 53.1 Å². The molecular formula is C30H36N4O8S. The van der Waals surface area contributed by atoms with Crippen molar-refractivity contribution in [3.05, 3.63) is 68.7 Å². The molecule has 1 aliphatic heterocycles. The Morgan fingerprint density at radius 2 is 1.98 bits per heavy atom. The zero-order chi connectivity index (χ0) is 30.7. The molecule has 13 heteroatoms. The molecule has 0 saturated carbocycles. The van der Waals surface area contributed by atoms with Gasteiger partial charge in [-0.15, -0.1) is 11.3 Å². The van der Waals surface area contributed by atoms with Gasteiger partial charge in [0.15, 0.2) is 0 Å². The van der Waals surface area contributed by atoms with E-state index < -0.39 is 28.8 Å². The van der Waals surface area contributed by atoms with Crippen LogP contribution in [0.15, 0.2) is 50.7 Å². The molecule has 0 aliphatic carbocycles. The van der Waals surface area contributed by atoms with Crippen molar-refractivity contribution in [2.24, 2.45) is 0 Å². The van der Waals surface area contributed by atoms with Crippen LogP contribution in [0, 0.1) is 6.92 Å². The molecule has 4 heterocycles. The molecule has 4 aromatic rings. The van der Waals surface area contributed by atoms with E-state index in [0.717, 1.165) is 10.1 Å². The van der Waals surface area contributed by atoms with Crippen LogP contribution >= 0.6 is 11.3 Å². The number of aryl methyl sites for hydroxylation is 1. The third-order valence-corrected chi connectivity index (χ3v) is 8.92. The number of aromatic nitrogens is 3. The molecule has 1 atom stereocenters. The number of carbonyl (C=O) groups excluding carboxylic acids is 1. The van der Waals surface area contributed by atoms with Crippen LogP contribution in [0.5, 0.6) is 5.75 Å². The fourth-order valence-corrected chi connectivity index (χ4v) is 6.50. The van der Waals surface area contributed by atoms with Crippen LogP contribution in [0.4, 0.5) is 0 Å². The number of fused-ring (bicyclic) bond motifs is 1. The average molecular weight is 613 g/mol. The Balaban J connectivity index is 1.74. The normalized spacial score (nSPS) is 15.1. The van der Waals surface area contributed by atoms with Crippen molar-refractivity contribution in [1.82, 2.24) is 19.6 Å². The summed E-state index contributed by atoms with van der Waals surface area (Å²) < 4.78 is 25.9. The third-order valence-electron chi connectivity index (χ3n) is 7.62. The van der Waals surface area contributed by atoms with Crippen LogP contribution in [0.25, 0.3) is 21.0 Å². The molecule has 1 unspecified atom stereocenters. The van der Waals surface area contributed by atoms with Crippen LogP contribution < -0.4 is 21.5 Å². The van der Waals surface area contributed by atoms with Crippen molar-refractivity contribution in [1.29, 1.82) is 0 Å². The lowest BCUT2D eigenvalue weighted by molar-refractivity contribution is -0.141. The van der Waals surface area contributed by atoms with E-state index in [4.69, 9.17) is 23.5 Å². The summed E-state index contributed by atoms with van der Waals surface area (Å²) in [4.78, 5) is 52.2. The Kier molecular flexibility index (Phi) is 9.16. The highest BCUT2D eigenvalue weighted by molar-refractivity contribution is 7.22. The predicted molar refractivity (Wildman–Crippen MR) is 160 cm³/mol. The van der Waals surface area contributed by atoms with Gasteiger partial charge < -0.3 is 18.6 Å². The number of hydrogen-bond acceptors (Lipinski definition) is 10. The third kappa shape index (κ3) is 5.90. The molecular weight excluding hydrogens is 576 g/mol. The van der Waals surface area contributed by atoms with Gasteiger partial charge in [0.2, 0.25) is 5.89 Å². The Hall–Kier alpha value is -3.78. The lowest BCUT2D eigenvalue weighted by atomic mass is 10.0. The van der Waals surface area contributed by atoms with E-state index in [2.05, 4.69) is 10.5 Å². The second-order valence-electron chi connectivity index (χ2n) is 10.7. The van der Waals surface area contributed by atoms with Gasteiger partial charge in [-0.3, -0.25) is 19.0 Å². The quantitative estimate of drug-likeness (QED) is 0.250. The van der Waals surface area contributed by atoms with Gasteiger partial charge >= 0.3 is 5.69 Å². The standard InChI is InChI=1S/C30H36N4O8S/c1-6-41-32-28(36)30(3,4)34-26(35)23-18(2)24(25-31-13-16-40-25)43-27(23)33(29(34)37)17-22(42-19-11-14-39-15-12-19)20-9-7-8-10-21(20)38-5/h7-10,13,16,19,22H,6,11-12,14-15,17H2,1-5H3,(H,32,36). The number of carbonyl (C=O) groups is 1. The van der Waals surface area contributed by atoms with Crippen molar-refractivity contribution in [3.63, 3.8) is 0 Å². The summed E-state index contributed by atoms with van der Waals surface area (Å²) in [5.41, 5.74) is 0.836. The fraction of sp³-hybridized carbons (Fsp3) is 0.467. The number of thiophene rings is 1. The minimum atomic E-state index is -1.60. The number of oxazole rings is 1. The Labute approximate surface area is 252 Å². The van der Waals surface area contributed by atoms with Gasteiger partial charge in [-0.05, 0) is 52.2 Å². The van der Waals surface area contributed by atoms with Gasteiger partial charge in [0.05, 0.1) is 42.8 Å². The number of ether oxygens (including phenoxy) is 3. The average Bonchev–Trinajstić information content (AvgIpc) is 3.66. The van der Waals surface area contributed by atoms with E-state index in [1.54, 1.807) is 21.0 Å². The Morgan fingerprint density at radius 1 is 1.23 bits per heavy atom. The number of amides is 1. The van der Waals surface area contributed by atoms with Crippen LogP contribution in [-0.2, 0) is 31.2 Å². The molecule has 1 N–H and O–H groups in total. The maximum absolute atomic E-state index is 14.4. The summed E-state index contributed by atoms with van der Waals surface area (Å²) in [6.07, 6.45) is 3.64. The van der Waals surface area contributed by atoms with Gasteiger partial charge in [0, 0.05) is 18.8 Å². The number of rotatable bonds is 11. The molecule has 5 rings (SSSR count). The monoisotopic (exact) mass is 612 g/mol. The summed E-state index contributed by atoms with van der Waals surface area (Å²) in [6.45, 7) is 7.92. The number of para-hydroxylation sites is 1. The van der Waals surface area contributed by atoms with Gasteiger partial charge in [-0.2, -0.15) is 0 Å². The molecule has 0 bridgehead atoms. The number of benzene rings is 1. The summed E-state index contributed by atoms with van der Waals surface area (Å²) in [5, 5.41) is 0.292. The molecule has 1 amide bonds. The topological polar surface area (TPSA) is 136 Å². The maximum atomic E-state index is 14.4. The molecule has 3 aromatic heterocycles. The second-order valence-corrected chi connectivity index (χ2v) is 11.7. The fourth-order valence-electron chi connectivity index (χ4n) is 5.26. The lowest BCUT2D eigenvalue weighted by Gasteiger charge is -2.30. The number of methoxy groups -OCH3 is 1. The molecule has 1 saturated heterocycles. The SMILES string of the molecule is CCONC(=O)C(C)(C)n1c(=O)c2c(C)c(-c3ncco3)sc2n(CC(OC2CCOCC2)c2ccccc2OC)c1=O. The Bertz CT molecular complexity index is 1700. The van der Waals surface area contributed by atoms with Gasteiger partial charge in [-0.25, -0.2) is 19.8 Å². The molecule has 1 fully saturated rings. The van der Waals surface area contributed by atoms with Crippen molar-refractivity contribution < 1.29 is 28.3 Å². The van der Waals surface area contributed by atoms with Gasteiger partial charge in [-0.1, -0.05) is 18.2 Å². The van der Waals surface area contributed by atoms with E-state index in [0.29, 0.717) is 58.4 Å². The zero-order valence-electron chi connectivity index (χ0n) is 24.9. The zero-order valence-corrected chi connectivity index (χ0v) is 25.7. The minimum absolute atomic E-state index is 0.0431. The van der Waals surface area contributed by atoms with Gasteiger partial charge in [0.1, 0.15) is 28.5 Å². The number of hydrogen-bond donors (Lipinski definition) is 1. The maximum Gasteiger partial charge on any atom is 0.333 e. The molecule has 1 aromatic carbocycles. The highest BCUT2D eigenvalue weighted by Gasteiger charge is 2.37. The van der Waals surface area contributed by atoms with Crippen molar-refractivity contribution >= 4 is 27.5 Å². The highest BCUT2D eigenvalue weighted by Crippen LogP contribution is 2.37. The smallest absolute Gasteiger partial charge is 0.333 e. The summed E-state index contributed by atoms with van der Waals surface area (Å²) in [5.74, 6) is 0.299. The predicted octanol–water partition coefficient (Wildman–Crippen LogP) is 3.94. The number of nitrogens with zero attached hydrogens (tertiary/aromatic N) is 3. The van der Waals surface area contributed by atoms with E-state index in [1.807, 2.05) is 24.3 Å². The Morgan fingerprint density at radius 3 is 2.65 bits per heavy atom. The lowest BCUT2D eigenvalue weighted by Crippen LogP contribution is -2.55. The molecule has 0 radical (unpaired) electrons. The first-order valence-electron chi connectivity index (χ1n) is 14.2. The number of nitrogens with one attached hydrogen (secondary N) is 1.